The van der Waals surface area contributed by atoms with E-state index < -0.39 is 0 Å². The van der Waals surface area contributed by atoms with Crippen LogP contribution in [0.3, 0.4) is 0 Å². The highest BCUT2D eigenvalue weighted by atomic mass is 79.9. The van der Waals surface area contributed by atoms with Gasteiger partial charge in [-0.05, 0) is 41.5 Å². The Labute approximate surface area is 185 Å². The SMILES string of the molecule is Brc1ccc(/C=C/c2c(-c3ccccc3)n(-c3ccccc3)c3ccccc23)cc1. The topological polar surface area (TPSA) is 4.93 Å². The van der Waals surface area contributed by atoms with Crippen molar-refractivity contribution in [3.63, 3.8) is 0 Å². The number of aromatic nitrogens is 1. The van der Waals surface area contributed by atoms with Crippen LogP contribution in [0, 0.1) is 0 Å². The van der Waals surface area contributed by atoms with Gasteiger partial charge in [0, 0.05) is 21.1 Å². The van der Waals surface area contributed by atoms with Crippen molar-refractivity contribution in [2.75, 3.05) is 0 Å². The van der Waals surface area contributed by atoms with E-state index in [0.717, 1.165) is 10.2 Å². The largest absolute Gasteiger partial charge is 0.309 e. The van der Waals surface area contributed by atoms with E-state index in [2.05, 4.69) is 142 Å². The molecule has 2 heteroatoms. The van der Waals surface area contributed by atoms with Gasteiger partial charge in [-0.15, -0.1) is 0 Å². The van der Waals surface area contributed by atoms with Crippen molar-refractivity contribution in [2.45, 2.75) is 0 Å². The second kappa shape index (κ2) is 8.17. The number of hydrogen-bond acceptors (Lipinski definition) is 0. The maximum Gasteiger partial charge on any atom is 0.0613 e. The summed E-state index contributed by atoms with van der Waals surface area (Å²) in [6, 6.07) is 38.3. The molecule has 0 atom stereocenters. The van der Waals surface area contributed by atoms with Crippen LogP contribution in [-0.2, 0) is 0 Å². The number of nitrogens with zero attached hydrogens (tertiary/aromatic N) is 1. The van der Waals surface area contributed by atoms with Gasteiger partial charge in [0.1, 0.15) is 0 Å². The van der Waals surface area contributed by atoms with Gasteiger partial charge in [-0.1, -0.05) is 107 Å². The number of benzene rings is 4. The first kappa shape index (κ1) is 18.7. The molecule has 4 aromatic carbocycles. The molecule has 0 N–H and O–H groups in total. The van der Waals surface area contributed by atoms with Crippen molar-refractivity contribution in [1.82, 2.24) is 4.57 Å². The maximum atomic E-state index is 3.52. The van der Waals surface area contributed by atoms with Crippen LogP contribution in [0.2, 0.25) is 0 Å². The molecule has 0 aliphatic carbocycles. The van der Waals surface area contributed by atoms with Gasteiger partial charge >= 0.3 is 0 Å². The first-order valence-electron chi connectivity index (χ1n) is 9.99. The van der Waals surface area contributed by atoms with Gasteiger partial charge < -0.3 is 4.57 Å². The van der Waals surface area contributed by atoms with Crippen molar-refractivity contribution >= 4 is 39.0 Å². The van der Waals surface area contributed by atoms with E-state index in [4.69, 9.17) is 0 Å². The Kier molecular flexibility index (Phi) is 5.08. The zero-order valence-corrected chi connectivity index (χ0v) is 18.0. The Balaban J connectivity index is 1.80. The van der Waals surface area contributed by atoms with Crippen molar-refractivity contribution in [3.05, 3.63) is 125 Å². The van der Waals surface area contributed by atoms with Gasteiger partial charge in [0.05, 0.1) is 11.2 Å². The molecule has 0 amide bonds. The highest BCUT2D eigenvalue weighted by Gasteiger charge is 2.17. The summed E-state index contributed by atoms with van der Waals surface area (Å²) >= 11 is 3.52. The van der Waals surface area contributed by atoms with Crippen molar-refractivity contribution in [1.29, 1.82) is 0 Å². The Morgan fingerprint density at radius 3 is 1.97 bits per heavy atom. The van der Waals surface area contributed by atoms with Crippen LogP contribution in [0.5, 0.6) is 0 Å². The summed E-state index contributed by atoms with van der Waals surface area (Å²) in [5.41, 5.74) is 7.18. The summed E-state index contributed by atoms with van der Waals surface area (Å²) in [4.78, 5) is 0. The molecule has 1 nitrogen and oxygen atoms in total. The van der Waals surface area contributed by atoms with Gasteiger partial charge in [0.15, 0.2) is 0 Å². The summed E-state index contributed by atoms with van der Waals surface area (Å²) in [6.45, 7) is 0. The number of rotatable bonds is 4. The molecule has 30 heavy (non-hydrogen) atoms. The third-order valence-electron chi connectivity index (χ3n) is 5.29. The van der Waals surface area contributed by atoms with Crippen molar-refractivity contribution in [2.24, 2.45) is 0 Å². The molecule has 0 aliphatic rings. The van der Waals surface area contributed by atoms with Crippen LogP contribution in [-0.4, -0.2) is 4.57 Å². The number of para-hydroxylation sites is 2. The second-order valence-electron chi connectivity index (χ2n) is 7.20. The van der Waals surface area contributed by atoms with E-state index in [1.54, 1.807) is 0 Å². The lowest BCUT2D eigenvalue weighted by molar-refractivity contribution is 1.13. The molecular weight excluding hydrogens is 430 g/mol. The van der Waals surface area contributed by atoms with Crippen LogP contribution in [0.25, 0.3) is 40.0 Å². The number of hydrogen-bond donors (Lipinski definition) is 0. The van der Waals surface area contributed by atoms with Crippen LogP contribution in [0.1, 0.15) is 11.1 Å². The Morgan fingerprint density at radius 2 is 1.23 bits per heavy atom. The average Bonchev–Trinajstić information content (AvgIpc) is 3.14. The fourth-order valence-corrected chi connectivity index (χ4v) is 4.18. The predicted octanol–water partition coefficient (Wildman–Crippen LogP) is 8.23. The Bertz CT molecular complexity index is 1310. The minimum absolute atomic E-state index is 1.09. The fraction of sp³-hybridized carbons (Fsp3) is 0. The van der Waals surface area contributed by atoms with Gasteiger partial charge in [-0.2, -0.15) is 0 Å². The Morgan fingerprint density at radius 1 is 0.600 bits per heavy atom. The first-order valence-corrected chi connectivity index (χ1v) is 10.8. The Hall–Kier alpha value is -3.36. The molecule has 0 bridgehead atoms. The minimum atomic E-state index is 1.09. The van der Waals surface area contributed by atoms with E-state index >= 15 is 0 Å². The van der Waals surface area contributed by atoms with Gasteiger partial charge in [0.2, 0.25) is 0 Å². The molecule has 1 heterocycles. The summed E-state index contributed by atoms with van der Waals surface area (Å²) in [5, 5.41) is 1.24. The molecule has 0 fully saturated rings. The summed E-state index contributed by atoms with van der Waals surface area (Å²) in [6.07, 6.45) is 4.43. The summed E-state index contributed by atoms with van der Waals surface area (Å²) < 4.78 is 3.46. The predicted molar refractivity (Wildman–Crippen MR) is 132 cm³/mol. The summed E-state index contributed by atoms with van der Waals surface area (Å²) in [7, 11) is 0. The van der Waals surface area contributed by atoms with Crippen molar-refractivity contribution in [3.8, 4) is 16.9 Å². The molecule has 0 aliphatic heterocycles. The third kappa shape index (κ3) is 3.51. The smallest absolute Gasteiger partial charge is 0.0613 e. The van der Waals surface area contributed by atoms with Crippen LogP contribution >= 0.6 is 15.9 Å². The minimum Gasteiger partial charge on any atom is -0.309 e. The van der Waals surface area contributed by atoms with E-state index in [0.29, 0.717) is 0 Å². The van der Waals surface area contributed by atoms with E-state index in [9.17, 15) is 0 Å². The van der Waals surface area contributed by atoms with E-state index in [-0.39, 0.29) is 0 Å². The highest BCUT2D eigenvalue weighted by molar-refractivity contribution is 9.10. The molecule has 0 spiro atoms. The molecule has 5 rings (SSSR count). The third-order valence-corrected chi connectivity index (χ3v) is 5.82. The first-order chi connectivity index (χ1) is 14.8. The van der Waals surface area contributed by atoms with Gasteiger partial charge in [-0.3, -0.25) is 0 Å². The molecule has 5 aromatic rings. The molecule has 0 saturated carbocycles. The summed E-state index contributed by atoms with van der Waals surface area (Å²) in [5.74, 6) is 0. The lowest BCUT2D eigenvalue weighted by Gasteiger charge is -2.12. The second-order valence-corrected chi connectivity index (χ2v) is 8.12. The van der Waals surface area contributed by atoms with Crippen LogP contribution in [0.4, 0.5) is 0 Å². The normalized spacial score (nSPS) is 11.4. The zero-order chi connectivity index (χ0) is 20.3. The number of fused-ring (bicyclic) bond motifs is 1. The molecule has 0 unspecified atom stereocenters. The van der Waals surface area contributed by atoms with Crippen LogP contribution in [0.15, 0.2) is 114 Å². The van der Waals surface area contributed by atoms with E-state index in [1.165, 1.54) is 33.3 Å². The zero-order valence-electron chi connectivity index (χ0n) is 16.4. The van der Waals surface area contributed by atoms with Gasteiger partial charge in [-0.25, -0.2) is 0 Å². The lowest BCUT2D eigenvalue weighted by atomic mass is 10.0. The van der Waals surface area contributed by atoms with Crippen LogP contribution < -0.4 is 0 Å². The fourth-order valence-electron chi connectivity index (χ4n) is 3.91. The molecule has 0 radical (unpaired) electrons. The lowest BCUT2D eigenvalue weighted by Crippen LogP contribution is -1.97. The quantitative estimate of drug-likeness (QED) is 0.260. The highest BCUT2D eigenvalue weighted by Crippen LogP contribution is 2.37. The maximum absolute atomic E-state index is 3.52. The average molecular weight is 450 g/mol. The van der Waals surface area contributed by atoms with E-state index in [1.807, 2.05) is 0 Å². The molecule has 144 valence electrons. The standard InChI is InChI=1S/C28H20BrN/c29-23-18-15-21(16-19-23)17-20-26-25-13-7-8-14-27(25)30(24-11-5-2-6-12-24)28(26)22-9-3-1-4-10-22/h1-20H/b20-17+. The molecular formula is C28H20BrN. The van der Waals surface area contributed by atoms with Crippen molar-refractivity contribution < 1.29 is 0 Å². The monoisotopic (exact) mass is 449 g/mol. The van der Waals surface area contributed by atoms with Gasteiger partial charge in [0.25, 0.3) is 0 Å². The molecule has 0 saturated heterocycles. The molecule has 1 aromatic heterocycles. The number of halogens is 1.